The van der Waals surface area contributed by atoms with Crippen LogP contribution in [0.1, 0.15) is 39.0 Å². The smallest absolute Gasteiger partial charge is 0.242 e. The summed E-state index contributed by atoms with van der Waals surface area (Å²) in [5.41, 5.74) is 0.0746. The Bertz CT molecular complexity index is 522. The number of halogens is 1. The van der Waals surface area contributed by atoms with Crippen LogP contribution in [0.3, 0.4) is 0 Å². The lowest BCUT2D eigenvalue weighted by Gasteiger charge is -2.33. The molecule has 1 aromatic heterocycles. The second-order valence-electron chi connectivity index (χ2n) is 5.51. The van der Waals surface area contributed by atoms with Gasteiger partial charge in [-0.05, 0) is 30.4 Å². The van der Waals surface area contributed by atoms with E-state index in [2.05, 4.69) is 16.6 Å². The van der Waals surface area contributed by atoms with Crippen LogP contribution in [-0.4, -0.2) is 19.9 Å². The maximum Gasteiger partial charge on any atom is 0.242 e. The fourth-order valence-corrected chi connectivity index (χ4v) is 3.71. The first-order valence-corrected chi connectivity index (χ1v) is 8.39. The van der Waals surface area contributed by atoms with E-state index in [1.165, 1.54) is 37.6 Å². The van der Waals surface area contributed by atoms with E-state index in [-0.39, 0.29) is 15.5 Å². The summed E-state index contributed by atoms with van der Waals surface area (Å²) in [6.07, 6.45) is 7.06. The van der Waals surface area contributed by atoms with Gasteiger partial charge in [-0.1, -0.05) is 37.8 Å². The van der Waals surface area contributed by atoms with E-state index < -0.39 is 10.0 Å². The van der Waals surface area contributed by atoms with Crippen LogP contribution < -0.4 is 4.72 Å². The van der Waals surface area contributed by atoms with Gasteiger partial charge in [0.15, 0.2) is 0 Å². The second-order valence-corrected chi connectivity index (χ2v) is 7.67. The Kier molecular flexibility index (Phi) is 4.48. The molecule has 0 spiro atoms. The summed E-state index contributed by atoms with van der Waals surface area (Å²) in [5, 5.41) is 0.290. The Labute approximate surface area is 119 Å². The van der Waals surface area contributed by atoms with E-state index >= 15 is 0 Å². The van der Waals surface area contributed by atoms with Gasteiger partial charge < -0.3 is 0 Å². The van der Waals surface area contributed by atoms with Crippen LogP contribution in [0.5, 0.6) is 0 Å². The quantitative estimate of drug-likeness (QED) is 0.870. The zero-order chi connectivity index (χ0) is 13.9. The normalized spacial score (nSPS) is 19.3. The van der Waals surface area contributed by atoms with Crippen LogP contribution in [0.25, 0.3) is 0 Å². The number of pyridine rings is 1. The maximum absolute atomic E-state index is 12.1. The summed E-state index contributed by atoms with van der Waals surface area (Å²) >= 11 is 5.66. The third-order valence-corrected chi connectivity index (χ3v) is 5.37. The molecule has 0 unspecified atom stereocenters. The molecule has 0 atom stereocenters. The van der Waals surface area contributed by atoms with E-state index in [0.29, 0.717) is 6.54 Å². The Morgan fingerprint density at radius 3 is 2.58 bits per heavy atom. The van der Waals surface area contributed by atoms with Gasteiger partial charge >= 0.3 is 0 Å². The second kappa shape index (κ2) is 5.77. The number of hydrogen-bond donors (Lipinski definition) is 1. The first-order chi connectivity index (χ1) is 8.91. The zero-order valence-corrected chi connectivity index (χ0v) is 12.6. The van der Waals surface area contributed by atoms with Crippen LogP contribution in [-0.2, 0) is 10.0 Å². The molecule has 1 aliphatic rings. The highest BCUT2D eigenvalue weighted by Gasteiger charge is 2.28. The van der Waals surface area contributed by atoms with Crippen LogP contribution in [0, 0.1) is 5.41 Å². The summed E-state index contributed by atoms with van der Waals surface area (Å²) in [6, 6.07) is 2.96. The number of rotatable bonds is 4. The van der Waals surface area contributed by atoms with E-state index in [9.17, 15) is 8.42 Å². The topological polar surface area (TPSA) is 59.1 Å². The van der Waals surface area contributed by atoms with Crippen LogP contribution in [0.2, 0.25) is 5.15 Å². The van der Waals surface area contributed by atoms with Gasteiger partial charge in [-0.15, -0.1) is 0 Å². The molecule has 1 N–H and O–H groups in total. The summed E-state index contributed by atoms with van der Waals surface area (Å²) in [6.45, 7) is 2.63. The van der Waals surface area contributed by atoms with Gasteiger partial charge in [0, 0.05) is 12.7 Å². The molecule has 0 saturated heterocycles. The van der Waals surface area contributed by atoms with Crippen molar-refractivity contribution in [2.45, 2.75) is 43.9 Å². The molecule has 1 heterocycles. The van der Waals surface area contributed by atoms with E-state index in [4.69, 9.17) is 11.6 Å². The minimum atomic E-state index is -3.49. The molecule has 0 aliphatic heterocycles. The lowest BCUT2D eigenvalue weighted by atomic mass is 9.76. The Hall–Kier alpha value is -0.650. The third-order valence-electron chi connectivity index (χ3n) is 3.76. The van der Waals surface area contributed by atoms with Gasteiger partial charge in [-0.25, -0.2) is 18.1 Å². The highest BCUT2D eigenvalue weighted by molar-refractivity contribution is 7.89. The number of aromatic nitrogens is 1. The lowest BCUT2D eigenvalue weighted by Crippen LogP contribution is -2.37. The fourth-order valence-electron chi connectivity index (χ4n) is 2.46. The van der Waals surface area contributed by atoms with Crippen molar-refractivity contribution in [2.75, 3.05) is 6.54 Å². The van der Waals surface area contributed by atoms with Crippen molar-refractivity contribution in [2.24, 2.45) is 5.41 Å². The standard InChI is InChI=1S/C13H19ClN2O2S/c1-13(7-3-2-4-8-13)10-16-19(17,18)11-5-6-12(14)15-9-11/h5-6,9,16H,2-4,7-8,10H2,1H3. The molecule has 1 aliphatic carbocycles. The molecule has 1 fully saturated rings. The van der Waals surface area contributed by atoms with Gasteiger partial charge in [0.1, 0.15) is 10.0 Å². The van der Waals surface area contributed by atoms with E-state index in [1.54, 1.807) is 0 Å². The van der Waals surface area contributed by atoms with Gasteiger partial charge in [-0.2, -0.15) is 0 Å². The summed E-state index contributed by atoms with van der Waals surface area (Å²) < 4.78 is 27.0. The van der Waals surface area contributed by atoms with Crippen molar-refractivity contribution in [3.63, 3.8) is 0 Å². The predicted molar refractivity (Wildman–Crippen MR) is 75.6 cm³/mol. The number of nitrogens with zero attached hydrogens (tertiary/aromatic N) is 1. The number of hydrogen-bond acceptors (Lipinski definition) is 3. The van der Waals surface area contributed by atoms with E-state index in [0.717, 1.165) is 12.8 Å². The minimum absolute atomic E-state index is 0.0746. The van der Waals surface area contributed by atoms with Gasteiger partial charge in [0.25, 0.3) is 0 Å². The summed E-state index contributed by atoms with van der Waals surface area (Å²) in [7, 11) is -3.49. The van der Waals surface area contributed by atoms with Crippen molar-refractivity contribution >= 4 is 21.6 Å². The summed E-state index contributed by atoms with van der Waals surface area (Å²) in [4.78, 5) is 3.97. The Morgan fingerprint density at radius 2 is 2.00 bits per heavy atom. The Balaban J connectivity index is 2.03. The first-order valence-electron chi connectivity index (χ1n) is 6.53. The monoisotopic (exact) mass is 302 g/mol. The van der Waals surface area contributed by atoms with Gasteiger partial charge in [-0.3, -0.25) is 0 Å². The molecule has 19 heavy (non-hydrogen) atoms. The molecular weight excluding hydrogens is 284 g/mol. The van der Waals surface area contributed by atoms with E-state index in [1.807, 2.05) is 0 Å². The predicted octanol–water partition coefficient (Wildman–Crippen LogP) is 2.98. The molecule has 1 saturated carbocycles. The average molecular weight is 303 g/mol. The van der Waals surface area contributed by atoms with Crippen molar-refractivity contribution in [3.05, 3.63) is 23.5 Å². The van der Waals surface area contributed by atoms with Gasteiger partial charge in [0.2, 0.25) is 10.0 Å². The minimum Gasteiger partial charge on any atom is -0.243 e. The zero-order valence-electron chi connectivity index (χ0n) is 11.0. The third kappa shape index (κ3) is 3.91. The van der Waals surface area contributed by atoms with Crippen molar-refractivity contribution < 1.29 is 8.42 Å². The highest BCUT2D eigenvalue weighted by atomic mass is 35.5. The molecule has 6 heteroatoms. The van der Waals surface area contributed by atoms with Crippen LogP contribution in [0.4, 0.5) is 0 Å². The largest absolute Gasteiger partial charge is 0.243 e. The average Bonchev–Trinajstić information content (AvgIpc) is 2.38. The van der Waals surface area contributed by atoms with Gasteiger partial charge in [0.05, 0.1) is 0 Å². The van der Waals surface area contributed by atoms with Crippen molar-refractivity contribution in [3.8, 4) is 0 Å². The molecule has 2 rings (SSSR count). The van der Waals surface area contributed by atoms with Crippen LogP contribution >= 0.6 is 11.6 Å². The molecule has 0 bridgehead atoms. The molecule has 106 valence electrons. The fraction of sp³-hybridized carbons (Fsp3) is 0.615. The van der Waals surface area contributed by atoms with Crippen LogP contribution in [0.15, 0.2) is 23.2 Å². The number of sulfonamides is 1. The highest BCUT2D eigenvalue weighted by Crippen LogP contribution is 2.35. The molecular formula is C13H19ClN2O2S. The van der Waals surface area contributed by atoms with Crippen molar-refractivity contribution in [1.82, 2.24) is 9.71 Å². The molecule has 0 amide bonds. The molecule has 4 nitrogen and oxygen atoms in total. The SMILES string of the molecule is CC1(CNS(=O)(=O)c2ccc(Cl)nc2)CCCCC1. The summed E-state index contributed by atoms with van der Waals surface area (Å²) in [5.74, 6) is 0. The molecule has 0 aromatic carbocycles. The van der Waals surface area contributed by atoms with Crippen molar-refractivity contribution in [1.29, 1.82) is 0 Å². The molecule has 0 radical (unpaired) electrons. The first kappa shape index (κ1) is 14.8. The number of nitrogens with one attached hydrogen (secondary N) is 1. The Morgan fingerprint density at radius 1 is 1.32 bits per heavy atom. The molecule has 1 aromatic rings. The maximum atomic E-state index is 12.1. The lowest BCUT2D eigenvalue weighted by molar-refractivity contribution is 0.219.